The molecule has 0 aliphatic carbocycles. The van der Waals surface area contributed by atoms with E-state index in [2.05, 4.69) is 12.0 Å². The number of thioether (sulfide) groups is 1. The average Bonchev–Trinajstić information content (AvgIpc) is 3.12. The van der Waals surface area contributed by atoms with Crippen molar-refractivity contribution in [2.24, 2.45) is 7.05 Å². The Morgan fingerprint density at radius 3 is 2.87 bits per heavy atom. The van der Waals surface area contributed by atoms with E-state index in [1.54, 1.807) is 10.9 Å². The van der Waals surface area contributed by atoms with Crippen LogP contribution in [0.1, 0.15) is 36.5 Å². The molecular weight excluding hydrogens is 308 g/mol. The van der Waals surface area contributed by atoms with Crippen LogP contribution >= 0.6 is 11.8 Å². The Bertz CT molecular complexity index is 650. The zero-order valence-corrected chi connectivity index (χ0v) is 14.6. The maximum absolute atomic E-state index is 13.1. The van der Waals surface area contributed by atoms with Crippen molar-refractivity contribution in [3.63, 3.8) is 0 Å². The van der Waals surface area contributed by atoms with Crippen LogP contribution in [0, 0.1) is 0 Å². The first-order valence-corrected chi connectivity index (χ1v) is 9.31. The average molecular weight is 332 g/mol. The topological polar surface area (TPSA) is 43.1 Å². The molecular formula is C17H24N4OS. The van der Waals surface area contributed by atoms with E-state index in [1.807, 2.05) is 52.8 Å². The highest BCUT2D eigenvalue weighted by Gasteiger charge is 2.26. The number of carbonyl (C=O) groups is 1. The lowest BCUT2D eigenvalue weighted by Crippen LogP contribution is -2.36. The van der Waals surface area contributed by atoms with E-state index in [-0.39, 0.29) is 5.91 Å². The Morgan fingerprint density at radius 1 is 1.35 bits per heavy atom. The molecule has 1 saturated heterocycles. The Morgan fingerprint density at radius 2 is 2.13 bits per heavy atom. The summed E-state index contributed by atoms with van der Waals surface area (Å²) in [4.78, 5) is 15.1. The van der Waals surface area contributed by atoms with Gasteiger partial charge in [0, 0.05) is 37.8 Å². The number of likely N-dealkylation sites (tertiary alicyclic amines) is 1. The summed E-state index contributed by atoms with van der Waals surface area (Å²) < 4.78 is 3.72. The second-order valence-corrected chi connectivity index (χ2v) is 7.50. The van der Waals surface area contributed by atoms with Gasteiger partial charge in [-0.05, 0) is 30.7 Å². The van der Waals surface area contributed by atoms with Crippen molar-refractivity contribution in [2.75, 3.05) is 18.8 Å². The van der Waals surface area contributed by atoms with Crippen molar-refractivity contribution in [2.45, 2.75) is 31.4 Å². The first kappa shape index (κ1) is 16.2. The van der Waals surface area contributed by atoms with E-state index in [0.29, 0.717) is 10.8 Å². The Kier molecular flexibility index (Phi) is 5.10. The van der Waals surface area contributed by atoms with Crippen molar-refractivity contribution in [1.82, 2.24) is 19.2 Å². The molecule has 124 valence electrons. The van der Waals surface area contributed by atoms with Gasteiger partial charge < -0.3 is 9.47 Å². The molecule has 1 amide bonds. The Hall–Kier alpha value is -1.69. The monoisotopic (exact) mass is 332 g/mol. The van der Waals surface area contributed by atoms with Crippen LogP contribution < -0.4 is 0 Å². The van der Waals surface area contributed by atoms with Crippen LogP contribution in [0.3, 0.4) is 0 Å². The second kappa shape index (κ2) is 7.25. The summed E-state index contributed by atoms with van der Waals surface area (Å²) in [5.41, 5.74) is 0.686. The van der Waals surface area contributed by atoms with Gasteiger partial charge in [0.05, 0.1) is 6.20 Å². The van der Waals surface area contributed by atoms with Crippen LogP contribution in [0.4, 0.5) is 0 Å². The van der Waals surface area contributed by atoms with Gasteiger partial charge in [-0.3, -0.25) is 9.48 Å². The molecule has 3 heterocycles. The molecule has 2 aromatic rings. The van der Waals surface area contributed by atoms with E-state index in [0.717, 1.165) is 31.1 Å². The van der Waals surface area contributed by atoms with E-state index < -0.39 is 0 Å². The molecule has 0 N–H and O–H groups in total. The molecule has 23 heavy (non-hydrogen) atoms. The van der Waals surface area contributed by atoms with Gasteiger partial charge in [0.15, 0.2) is 0 Å². The fourth-order valence-electron chi connectivity index (χ4n) is 3.19. The van der Waals surface area contributed by atoms with Gasteiger partial charge >= 0.3 is 0 Å². The number of amides is 1. The summed E-state index contributed by atoms with van der Waals surface area (Å²) in [6, 6.07) is 3.92. The molecule has 0 spiro atoms. The molecule has 0 saturated carbocycles. The maximum atomic E-state index is 13.1. The molecule has 0 radical (unpaired) electrons. The third-order valence-corrected chi connectivity index (χ3v) is 5.49. The normalized spacial score (nSPS) is 18.9. The highest BCUT2D eigenvalue weighted by atomic mass is 32.2. The van der Waals surface area contributed by atoms with Crippen LogP contribution in [0.25, 0.3) is 5.82 Å². The molecule has 1 aliphatic rings. The van der Waals surface area contributed by atoms with E-state index in [9.17, 15) is 4.79 Å². The van der Waals surface area contributed by atoms with Crippen LogP contribution in [0.5, 0.6) is 0 Å². The predicted octanol–water partition coefficient (Wildman–Crippen LogP) is 2.96. The summed E-state index contributed by atoms with van der Waals surface area (Å²) in [7, 11) is 1.88. The highest BCUT2D eigenvalue weighted by Crippen LogP contribution is 2.24. The smallest absolute Gasteiger partial charge is 0.259 e. The molecule has 0 unspecified atom stereocenters. The van der Waals surface area contributed by atoms with E-state index in [4.69, 9.17) is 0 Å². The van der Waals surface area contributed by atoms with Crippen LogP contribution in [0.2, 0.25) is 0 Å². The fraction of sp³-hybridized carbons (Fsp3) is 0.529. The number of carbonyl (C=O) groups excluding carboxylic acids is 1. The standard InChI is InChI=1S/C17H24N4OS/c1-3-23-14-8-4-5-11-21(13-14)17(22)15-12-18-19(2)16(15)20-9-6-7-10-20/h6-7,9-10,12,14H,3-5,8,11,13H2,1-2H3/t14-/m1/s1. The molecule has 0 aromatic carbocycles. The molecule has 5 nitrogen and oxygen atoms in total. The van der Waals surface area contributed by atoms with Crippen molar-refractivity contribution in [3.8, 4) is 5.82 Å². The predicted molar refractivity (Wildman–Crippen MR) is 94.2 cm³/mol. The van der Waals surface area contributed by atoms with Crippen molar-refractivity contribution in [3.05, 3.63) is 36.3 Å². The number of hydrogen-bond donors (Lipinski definition) is 0. The van der Waals surface area contributed by atoms with Gasteiger partial charge in [-0.1, -0.05) is 13.3 Å². The lowest BCUT2D eigenvalue weighted by atomic mass is 10.2. The van der Waals surface area contributed by atoms with E-state index in [1.165, 1.54) is 12.8 Å². The van der Waals surface area contributed by atoms with Crippen LogP contribution in [0.15, 0.2) is 30.7 Å². The van der Waals surface area contributed by atoms with Gasteiger partial charge in [-0.25, -0.2) is 0 Å². The number of aryl methyl sites for hydroxylation is 1. The minimum absolute atomic E-state index is 0.102. The first-order chi connectivity index (χ1) is 11.2. The molecule has 0 bridgehead atoms. The zero-order chi connectivity index (χ0) is 16.2. The summed E-state index contributed by atoms with van der Waals surface area (Å²) in [5.74, 6) is 2.04. The summed E-state index contributed by atoms with van der Waals surface area (Å²) >= 11 is 1.97. The maximum Gasteiger partial charge on any atom is 0.259 e. The summed E-state index contributed by atoms with van der Waals surface area (Å²) in [6.07, 6.45) is 9.10. The second-order valence-electron chi connectivity index (χ2n) is 5.92. The van der Waals surface area contributed by atoms with Crippen LogP contribution in [-0.4, -0.2) is 49.2 Å². The van der Waals surface area contributed by atoms with Gasteiger partial charge in [0.1, 0.15) is 11.4 Å². The molecule has 1 atom stereocenters. The minimum atomic E-state index is 0.102. The lowest BCUT2D eigenvalue weighted by molar-refractivity contribution is 0.0763. The van der Waals surface area contributed by atoms with Crippen molar-refractivity contribution < 1.29 is 4.79 Å². The third-order valence-electron chi connectivity index (χ3n) is 4.30. The number of nitrogens with zero attached hydrogens (tertiary/aromatic N) is 4. The van der Waals surface area contributed by atoms with Crippen molar-refractivity contribution in [1.29, 1.82) is 0 Å². The Labute approximate surface area is 141 Å². The molecule has 1 aliphatic heterocycles. The molecule has 2 aromatic heterocycles. The van der Waals surface area contributed by atoms with Gasteiger partial charge in [-0.15, -0.1) is 0 Å². The highest BCUT2D eigenvalue weighted by molar-refractivity contribution is 7.99. The quantitative estimate of drug-likeness (QED) is 0.864. The van der Waals surface area contributed by atoms with Crippen LogP contribution in [-0.2, 0) is 7.05 Å². The molecule has 1 fully saturated rings. The van der Waals surface area contributed by atoms with Gasteiger partial charge in [0.25, 0.3) is 5.91 Å². The van der Waals surface area contributed by atoms with Crippen molar-refractivity contribution >= 4 is 17.7 Å². The summed E-state index contributed by atoms with van der Waals surface area (Å²) in [6.45, 7) is 3.88. The minimum Gasteiger partial charge on any atom is -0.337 e. The number of aromatic nitrogens is 3. The first-order valence-electron chi connectivity index (χ1n) is 8.27. The van der Waals surface area contributed by atoms with E-state index >= 15 is 0 Å². The zero-order valence-electron chi connectivity index (χ0n) is 13.8. The number of hydrogen-bond acceptors (Lipinski definition) is 3. The SMILES string of the molecule is CCS[C@@H]1CCCCN(C(=O)c2cnn(C)c2-n2cccc2)C1. The van der Waals surface area contributed by atoms with Gasteiger partial charge in [-0.2, -0.15) is 16.9 Å². The lowest BCUT2D eigenvalue weighted by Gasteiger charge is -2.24. The third kappa shape index (κ3) is 3.47. The molecule has 6 heteroatoms. The fourth-order valence-corrected chi connectivity index (χ4v) is 4.28. The molecule has 3 rings (SSSR count). The summed E-state index contributed by atoms with van der Waals surface area (Å²) in [5, 5.41) is 4.86. The number of rotatable bonds is 4. The van der Waals surface area contributed by atoms with Gasteiger partial charge in [0.2, 0.25) is 0 Å². The largest absolute Gasteiger partial charge is 0.337 e. The Balaban J connectivity index is 1.85.